The third-order valence-electron chi connectivity index (χ3n) is 0. The van der Waals surface area contributed by atoms with Crippen LogP contribution in [-0.2, 0) is 17.1 Å². The van der Waals surface area contributed by atoms with Crippen LogP contribution in [0.3, 0.4) is 0 Å². The largest absolute Gasteiger partial charge is 0.391 e. The van der Waals surface area contributed by atoms with Crippen LogP contribution in [0.25, 0.3) is 0 Å². The summed E-state index contributed by atoms with van der Waals surface area (Å²) in [6.07, 6.45) is 0. The molecule has 0 aromatic rings. The van der Waals surface area contributed by atoms with E-state index in [-0.39, 0.29) is 17.1 Å². The van der Waals surface area contributed by atoms with Gasteiger partial charge in [0, 0.05) is 17.1 Å². The Morgan fingerprint density at radius 3 is 1.17 bits per heavy atom. The van der Waals surface area contributed by atoms with E-state index in [1.807, 2.05) is 0 Å². The quantitative estimate of drug-likeness (QED) is 0.480. The molecule has 6 heavy (non-hydrogen) atoms. The van der Waals surface area contributed by atoms with Crippen LogP contribution in [0.2, 0.25) is 0 Å². The molecule has 0 aliphatic carbocycles. The second kappa shape index (κ2) is 2.62. The molecule has 0 atom stereocenters. The molecule has 0 aromatic carbocycles. The van der Waals surface area contributed by atoms with Gasteiger partial charge in [0.2, 0.25) is 0 Å². The third kappa shape index (κ3) is 236. The van der Waals surface area contributed by atoms with E-state index < -0.39 is 5.60 Å². The standard InChI is InChI=1S/C4H10O.Fe/c1-4(2,3)5;/h5H,1-3H3;. The van der Waals surface area contributed by atoms with Crippen LogP contribution in [-0.4, -0.2) is 10.7 Å². The van der Waals surface area contributed by atoms with Gasteiger partial charge < -0.3 is 5.11 Å². The van der Waals surface area contributed by atoms with Crippen LogP contribution < -0.4 is 0 Å². The molecule has 0 spiro atoms. The zero-order valence-electron chi connectivity index (χ0n) is 4.30. The first-order chi connectivity index (χ1) is 2.00. The summed E-state index contributed by atoms with van der Waals surface area (Å²) < 4.78 is 0. The Morgan fingerprint density at radius 2 is 1.17 bits per heavy atom. The molecular weight excluding hydrogens is 120 g/mol. The van der Waals surface area contributed by atoms with Crippen LogP contribution in [0.5, 0.6) is 0 Å². The fourth-order valence-electron chi connectivity index (χ4n) is 0. The van der Waals surface area contributed by atoms with Crippen molar-refractivity contribution in [3.05, 3.63) is 0 Å². The van der Waals surface area contributed by atoms with Crippen molar-refractivity contribution >= 4 is 0 Å². The second-order valence-corrected chi connectivity index (χ2v) is 2.17. The molecule has 0 radical (unpaired) electrons. The van der Waals surface area contributed by atoms with E-state index in [2.05, 4.69) is 0 Å². The Hall–Kier alpha value is 0.479. The summed E-state index contributed by atoms with van der Waals surface area (Å²) in [5, 5.41) is 8.52. The minimum Gasteiger partial charge on any atom is -0.391 e. The molecule has 0 rings (SSSR count). The fourth-order valence-corrected chi connectivity index (χ4v) is 0. The molecule has 1 nitrogen and oxygen atoms in total. The summed E-state index contributed by atoms with van der Waals surface area (Å²) in [7, 11) is 0. The van der Waals surface area contributed by atoms with Gasteiger partial charge in [0.15, 0.2) is 0 Å². The van der Waals surface area contributed by atoms with Gasteiger partial charge in [0.25, 0.3) is 0 Å². The Balaban J connectivity index is 0. The van der Waals surface area contributed by atoms with Gasteiger partial charge in [-0.1, -0.05) is 0 Å². The topological polar surface area (TPSA) is 20.2 Å². The molecule has 0 heterocycles. The van der Waals surface area contributed by atoms with Gasteiger partial charge in [0.1, 0.15) is 0 Å². The fraction of sp³-hybridized carbons (Fsp3) is 1.00. The van der Waals surface area contributed by atoms with Gasteiger partial charge in [-0.25, -0.2) is 0 Å². The van der Waals surface area contributed by atoms with Crippen molar-refractivity contribution in [3.8, 4) is 0 Å². The van der Waals surface area contributed by atoms with E-state index in [1.165, 1.54) is 0 Å². The zero-order valence-corrected chi connectivity index (χ0v) is 5.40. The van der Waals surface area contributed by atoms with Gasteiger partial charge >= 0.3 is 0 Å². The molecule has 0 bridgehead atoms. The molecule has 0 saturated carbocycles. The van der Waals surface area contributed by atoms with Crippen molar-refractivity contribution in [2.75, 3.05) is 0 Å². The summed E-state index contributed by atoms with van der Waals surface area (Å²) in [6, 6.07) is 0. The molecule has 0 unspecified atom stereocenters. The number of rotatable bonds is 0. The first kappa shape index (κ1) is 9.70. The molecule has 0 aliphatic rings. The maximum Gasteiger partial charge on any atom is 0.0563 e. The maximum absolute atomic E-state index is 8.52. The predicted molar refractivity (Wildman–Crippen MR) is 22.0 cm³/mol. The van der Waals surface area contributed by atoms with Crippen LogP contribution in [0.1, 0.15) is 20.8 Å². The third-order valence-corrected chi connectivity index (χ3v) is 0. The number of aliphatic hydroxyl groups is 1. The first-order valence-electron chi connectivity index (χ1n) is 1.72. The number of hydrogen-bond acceptors (Lipinski definition) is 1. The Morgan fingerprint density at radius 1 is 1.17 bits per heavy atom. The number of hydrogen-bond donors (Lipinski definition) is 1. The smallest absolute Gasteiger partial charge is 0.0563 e. The summed E-state index contributed by atoms with van der Waals surface area (Å²) >= 11 is 0. The Labute approximate surface area is 49.2 Å². The molecule has 0 saturated heterocycles. The van der Waals surface area contributed by atoms with Gasteiger partial charge in [0.05, 0.1) is 5.60 Å². The van der Waals surface area contributed by atoms with E-state index in [0.29, 0.717) is 0 Å². The first-order valence-corrected chi connectivity index (χ1v) is 1.72. The van der Waals surface area contributed by atoms with Gasteiger partial charge in [-0.3, -0.25) is 0 Å². The van der Waals surface area contributed by atoms with Crippen molar-refractivity contribution in [2.24, 2.45) is 0 Å². The molecular formula is C4H10FeO. The van der Waals surface area contributed by atoms with Crippen molar-refractivity contribution in [3.63, 3.8) is 0 Å². The average Bonchev–Trinajstić information content (AvgIpc) is 0.722. The van der Waals surface area contributed by atoms with Crippen LogP contribution in [0.15, 0.2) is 0 Å². The maximum atomic E-state index is 8.52. The molecule has 0 aromatic heterocycles. The SMILES string of the molecule is CC(C)(C)O.[Fe]. The van der Waals surface area contributed by atoms with Crippen molar-refractivity contribution in [1.29, 1.82) is 0 Å². The summed E-state index contributed by atoms with van der Waals surface area (Å²) in [6.45, 7) is 5.23. The van der Waals surface area contributed by atoms with Crippen LogP contribution in [0.4, 0.5) is 0 Å². The molecule has 0 fully saturated rings. The zero-order chi connectivity index (χ0) is 4.50. The van der Waals surface area contributed by atoms with Crippen molar-refractivity contribution in [1.82, 2.24) is 0 Å². The monoisotopic (exact) mass is 130 g/mol. The Bertz CT molecular complexity index is 23.0. The summed E-state index contributed by atoms with van der Waals surface area (Å²) in [5.74, 6) is 0. The summed E-state index contributed by atoms with van der Waals surface area (Å²) in [4.78, 5) is 0. The van der Waals surface area contributed by atoms with E-state index in [9.17, 15) is 0 Å². The van der Waals surface area contributed by atoms with Crippen LogP contribution >= 0.6 is 0 Å². The molecule has 2 heteroatoms. The van der Waals surface area contributed by atoms with Crippen molar-refractivity contribution < 1.29 is 22.2 Å². The van der Waals surface area contributed by atoms with Gasteiger partial charge in [-0.15, -0.1) is 0 Å². The second-order valence-electron chi connectivity index (χ2n) is 2.17. The molecule has 0 amide bonds. The van der Waals surface area contributed by atoms with E-state index in [4.69, 9.17) is 5.11 Å². The van der Waals surface area contributed by atoms with E-state index >= 15 is 0 Å². The van der Waals surface area contributed by atoms with Gasteiger partial charge in [-0.2, -0.15) is 0 Å². The Kier molecular flexibility index (Phi) is 4.23. The normalized spacial score (nSPS) is 10.0. The molecule has 1 N–H and O–H groups in total. The van der Waals surface area contributed by atoms with E-state index in [0.717, 1.165) is 0 Å². The van der Waals surface area contributed by atoms with E-state index in [1.54, 1.807) is 20.8 Å². The minimum atomic E-state index is -0.500. The molecule has 0 aliphatic heterocycles. The minimum absolute atomic E-state index is 0. The predicted octanol–water partition coefficient (Wildman–Crippen LogP) is 0.775. The van der Waals surface area contributed by atoms with Crippen molar-refractivity contribution in [2.45, 2.75) is 26.4 Å². The summed E-state index contributed by atoms with van der Waals surface area (Å²) in [5.41, 5.74) is -0.500. The van der Waals surface area contributed by atoms with Crippen LogP contribution in [0, 0.1) is 0 Å². The van der Waals surface area contributed by atoms with Gasteiger partial charge in [-0.05, 0) is 20.8 Å². The molecule has 40 valence electrons. The average molecular weight is 130 g/mol.